The average molecular weight is 218 g/mol. The molecule has 1 saturated heterocycles. The van der Waals surface area contributed by atoms with Crippen molar-refractivity contribution in [1.82, 2.24) is 4.31 Å². The third-order valence-corrected chi connectivity index (χ3v) is 5.29. The standard InChI is InChI=1S/C9H18N2O2S/c10-8-2-4-9(5-3-8)11-6-1-7-14(11,12)13/h8-9H,1-7,10H2/t8-,9-. The number of rotatable bonds is 1. The summed E-state index contributed by atoms with van der Waals surface area (Å²) in [5.41, 5.74) is 5.80. The van der Waals surface area contributed by atoms with Crippen molar-refractivity contribution in [2.75, 3.05) is 12.3 Å². The quantitative estimate of drug-likeness (QED) is 0.688. The van der Waals surface area contributed by atoms with E-state index in [1.807, 2.05) is 0 Å². The smallest absolute Gasteiger partial charge is 0.214 e. The first-order chi connectivity index (χ1) is 6.59. The Morgan fingerprint density at radius 1 is 1.14 bits per heavy atom. The van der Waals surface area contributed by atoms with Crippen LogP contribution in [-0.2, 0) is 10.0 Å². The summed E-state index contributed by atoms with van der Waals surface area (Å²) in [5, 5.41) is 0. The van der Waals surface area contributed by atoms with Crippen LogP contribution in [0.1, 0.15) is 32.1 Å². The van der Waals surface area contributed by atoms with Gasteiger partial charge < -0.3 is 5.73 Å². The van der Waals surface area contributed by atoms with Gasteiger partial charge in [-0.25, -0.2) is 8.42 Å². The topological polar surface area (TPSA) is 63.4 Å². The van der Waals surface area contributed by atoms with Gasteiger partial charge in [0.2, 0.25) is 10.0 Å². The number of nitrogens with two attached hydrogens (primary N) is 1. The average Bonchev–Trinajstić information content (AvgIpc) is 2.47. The SMILES string of the molecule is N[C@H]1CC[C@H](N2CCCS2(=O)=O)CC1. The van der Waals surface area contributed by atoms with Crippen molar-refractivity contribution in [2.45, 2.75) is 44.2 Å². The third-order valence-electron chi connectivity index (χ3n) is 3.29. The Hall–Kier alpha value is -0.130. The Morgan fingerprint density at radius 3 is 2.29 bits per heavy atom. The van der Waals surface area contributed by atoms with E-state index in [1.165, 1.54) is 0 Å². The van der Waals surface area contributed by atoms with Crippen molar-refractivity contribution in [3.63, 3.8) is 0 Å². The number of sulfonamides is 1. The summed E-state index contributed by atoms with van der Waals surface area (Å²) in [7, 11) is -2.91. The van der Waals surface area contributed by atoms with Gasteiger partial charge in [0.15, 0.2) is 0 Å². The van der Waals surface area contributed by atoms with E-state index in [9.17, 15) is 8.42 Å². The van der Waals surface area contributed by atoms with Crippen LogP contribution in [0, 0.1) is 0 Å². The molecule has 1 saturated carbocycles. The molecule has 0 atom stereocenters. The molecule has 0 aromatic carbocycles. The van der Waals surface area contributed by atoms with Crippen molar-refractivity contribution in [3.05, 3.63) is 0 Å². The van der Waals surface area contributed by atoms with Crippen LogP contribution in [0.5, 0.6) is 0 Å². The second-order valence-corrected chi connectivity index (χ2v) is 6.39. The summed E-state index contributed by atoms with van der Waals surface area (Å²) in [4.78, 5) is 0. The molecular formula is C9H18N2O2S. The number of hydrogen-bond donors (Lipinski definition) is 1. The van der Waals surface area contributed by atoms with Crippen LogP contribution in [0.4, 0.5) is 0 Å². The van der Waals surface area contributed by atoms with Crippen LogP contribution in [0.15, 0.2) is 0 Å². The van der Waals surface area contributed by atoms with Gasteiger partial charge in [0.1, 0.15) is 0 Å². The molecular weight excluding hydrogens is 200 g/mol. The lowest BCUT2D eigenvalue weighted by atomic mass is 9.92. The van der Waals surface area contributed by atoms with Crippen LogP contribution >= 0.6 is 0 Å². The highest BCUT2D eigenvalue weighted by Gasteiger charge is 2.35. The molecule has 2 rings (SSSR count). The zero-order valence-electron chi connectivity index (χ0n) is 8.35. The number of nitrogens with zero attached hydrogens (tertiary/aromatic N) is 1. The molecule has 2 fully saturated rings. The lowest BCUT2D eigenvalue weighted by Crippen LogP contribution is -2.41. The summed E-state index contributed by atoms with van der Waals surface area (Å²) < 4.78 is 25.0. The van der Waals surface area contributed by atoms with Crippen molar-refractivity contribution in [3.8, 4) is 0 Å². The summed E-state index contributed by atoms with van der Waals surface area (Å²) in [6, 6.07) is 0.527. The molecule has 0 bridgehead atoms. The largest absolute Gasteiger partial charge is 0.328 e. The lowest BCUT2D eigenvalue weighted by molar-refractivity contribution is 0.252. The normalized spacial score (nSPS) is 38.6. The Labute approximate surface area is 85.5 Å². The fourth-order valence-electron chi connectivity index (χ4n) is 2.46. The van der Waals surface area contributed by atoms with Gasteiger partial charge in [0, 0.05) is 18.6 Å². The molecule has 0 unspecified atom stereocenters. The zero-order valence-corrected chi connectivity index (χ0v) is 9.17. The van der Waals surface area contributed by atoms with E-state index in [0.717, 1.165) is 38.6 Å². The van der Waals surface area contributed by atoms with Gasteiger partial charge in [-0.05, 0) is 32.1 Å². The summed E-state index contributed by atoms with van der Waals surface area (Å²) in [6.45, 7) is 0.724. The van der Waals surface area contributed by atoms with Crippen molar-refractivity contribution >= 4 is 10.0 Å². The molecule has 82 valence electrons. The Kier molecular flexibility index (Phi) is 2.81. The molecule has 1 aliphatic heterocycles. The monoisotopic (exact) mass is 218 g/mol. The molecule has 0 aromatic rings. The highest BCUT2D eigenvalue weighted by Crippen LogP contribution is 2.27. The van der Waals surface area contributed by atoms with Gasteiger partial charge in [0.05, 0.1) is 5.75 Å². The van der Waals surface area contributed by atoms with Gasteiger partial charge >= 0.3 is 0 Å². The maximum absolute atomic E-state index is 11.6. The van der Waals surface area contributed by atoms with E-state index >= 15 is 0 Å². The first-order valence-corrected chi connectivity index (χ1v) is 6.95. The molecule has 0 spiro atoms. The van der Waals surface area contributed by atoms with Gasteiger partial charge in [-0.15, -0.1) is 0 Å². The Bertz CT molecular complexity index is 294. The molecule has 2 N–H and O–H groups in total. The molecule has 1 heterocycles. The van der Waals surface area contributed by atoms with Crippen LogP contribution in [0.3, 0.4) is 0 Å². The molecule has 1 aliphatic carbocycles. The Morgan fingerprint density at radius 2 is 1.79 bits per heavy atom. The summed E-state index contributed by atoms with van der Waals surface area (Å²) >= 11 is 0. The van der Waals surface area contributed by atoms with Crippen LogP contribution < -0.4 is 5.73 Å². The van der Waals surface area contributed by atoms with E-state index in [2.05, 4.69) is 0 Å². The second-order valence-electron chi connectivity index (χ2n) is 4.35. The predicted octanol–water partition coefficient (Wildman–Crippen LogP) is 0.292. The highest BCUT2D eigenvalue weighted by molar-refractivity contribution is 7.89. The highest BCUT2D eigenvalue weighted by atomic mass is 32.2. The molecule has 5 heteroatoms. The van der Waals surface area contributed by atoms with Crippen molar-refractivity contribution in [2.24, 2.45) is 5.73 Å². The van der Waals surface area contributed by atoms with Gasteiger partial charge in [-0.3, -0.25) is 0 Å². The van der Waals surface area contributed by atoms with Crippen LogP contribution in [0.2, 0.25) is 0 Å². The van der Waals surface area contributed by atoms with Crippen molar-refractivity contribution in [1.29, 1.82) is 0 Å². The van der Waals surface area contributed by atoms with E-state index in [0.29, 0.717) is 5.75 Å². The fraction of sp³-hybridized carbons (Fsp3) is 1.00. The predicted molar refractivity (Wildman–Crippen MR) is 55.3 cm³/mol. The molecule has 0 radical (unpaired) electrons. The molecule has 0 aromatic heterocycles. The maximum atomic E-state index is 11.6. The van der Waals surface area contributed by atoms with Gasteiger partial charge in [-0.2, -0.15) is 4.31 Å². The molecule has 0 amide bonds. The van der Waals surface area contributed by atoms with E-state index in [-0.39, 0.29) is 12.1 Å². The lowest BCUT2D eigenvalue weighted by Gasteiger charge is -2.32. The minimum Gasteiger partial charge on any atom is -0.328 e. The maximum Gasteiger partial charge on any atom is 0.214 e. The van der Waals surface area contributed by atoms with E-state index < -0.39 is 10.0 Å². The minimum atomic E-state index is -2.91. The first kappa shape index (κ1) is 10.4. The van der Waals surface area contributed by atoms with E-state index in [4.69, 9.17) is 5.73 Å². The third kappa shape index (κ3) is 1.94. The summed E-state index contributed by atoms with van der Waals surface area (Å²) in [5.74, 6) is 0.343. The molecule has 4 nitrogen and oxygen atoms in total. The van der Waals surface area contributed by atoms with Gasteiger partial charge in [0.25, 0.3) is 0 Å². The minimum absolute atomic E-state index is 0.238. The first-order valence-electron chi connectivity index (χ1n) is 5.35. The second kappa shape index (κ2) is 3.79. The van der Waals surface area contributed by atoms with Gasteiger partial charge in [-0.1, -0.05) is 0 Å². The summed E-state index contributed by atoms with van der Waals surface area (Å²) in [6.07, 6.45) is 4.62. The molecule has 14 heavy (non-hydrogen) atoms. The van der Waals surface area contributed by atoms with E-state index in [1.54, 1.807) is 4.31 Å². The molecule has 2 aliphatic rings. The van der Waals surface area contributed by atoms with Crippen LogP contribution in [0.25, 0.3) is 0 Å². The number of hydrogen-bond acceptors (Lipinski definition) is 3. The van der Waals surface area contributed by atoms with Crippen molar-refractivity contribution < 1.29 is 8.42 Å². The Balaban J connectivity index is 2.02. The van der Waals surface area contributed by atoms with Crippen LogP contribution in [-0.4, -0.2) is 37.1 Å². The fourth-order valence-corrected chi connectivity index (χ4v) is 4.26. The zero-order chi connectivity index (χ0) is 10.2.